The van der Waals surface area contributed by atoms with Gasteiger partial charge in [0.1, 0.15) is 4.21 Å². The van der Waals surface area contributed by atoms with Crippen molar-refractivity contribution in [3.8, 4) is 16.9 Å². The van der Waals surface area contributed by atoms with Gasteiger partial charge >= 0.3 is 6.18 Å². The van der Waals surface area contributed by atoms with E-state index in [4.69, 9.17) is 0 Å². The molecule has 0 saturated heterocycles. The molecule has 0 bridgehead atoms. The Morgan fingerprint density at radius 2 is 1.68 bits per heavy atom. The maximum atomic E-state index is 13.3. The molecule has 2 aromatic heterocycles. The number of benzene rings is 2. The standard InChI is InChI=1S/C21H16F3N3O2S2/c1-14-4-6-15(7-5-14)18-13-19(21(22,23)24)25-27(18)17-10-8-16(9-11-17)26-31(28,29)20-3-2-12-30-20/h2-13,26H,1H3. The quantitative estimate of drug-likeness (QED) is 0.411. The fourth-order valence-corrected chi connectivity index (χ4v) is 4.99. The van der Waals surface area contributed by atoms with Crippen LogP contribution in [0.2, 0.25) is 0 Å². The average Bonchev–Trinajstić information content (AvgIpc) is 3.39. The van der Waals surface area contributed by atoms with Gasteiger partial charge in [-0.1, -0.05) is 35.9 Å². The molecule has 0 aliphatic heterocycles. The summed E-state index contributed by atoms with van der Waals surface area (Å²) in [6.07, 6.45) is -4.60. The molecule has 1 N–H and O–H groups in total. The van der Waals surface area contributed by atoms with Gasteiger partial charge in [0, 0.05) is 11.3 Å². The lowest BCUT2D eigenvalue weighted by Gasteiger charge is -2.10. The topological polar surface area (TPSA) is 64.0 Å². The number of aromatic nitrogens is 2. The molecule has 4 aromatic rings. The highest BCUT2D eigenvalue weighted by molar-refractivity contribution is 7.94. The highest BCUT2D eigenvalue weighted by Crippen LogP contribution is 2.33. The maximum Gasteiger partial charge on any atom is 0.435 e. The van der Waals surface area contributed by atoms with E-state index in [2.05, 4.69) is 9.82 Å². The minimum atomic E-state index is -4.60. The Balaban J connectivity index is 1.70. The van der Waals surface area contributed by atoms with Crippen molar-refractivity contribution in [2.45, 2.75) is 17.3 Å². The molecule has 0 radical (unpaired) electrons. The SMILES string of the molecule is Cc1ccc(-c2cc(C(F)(F)F)nn2-c2ccc(NS(=O)(=O)c3cccs3)cc2)cc1. The number of thiophene rings is 1. The van der Waals surface area contributed by atoms with Crippen LogP contribution in [0.3, 0.4) is 0 Å². The van der Waals surface area contributed by atoms with Gasteiger partial charge in [-0.15, -0.1) is 11.3 Å². The van der Waals surface area contributed by atoms with Crippen LogP contribution in [0.15, 0.2) is 76.3 Å². The number of hydrogen-bond acceptors (Lipinski definition) is 4. The van der Waals surface area contributed by atoms with E-state index in [-0.39, 0.29) is 15.6 Å². The zero-order valence-corrected chi connectivity index (χ0v) is 17.7. The minimum absolute atomic E-state index is 0.167. The average molecular weight is 464 g/mol. The summed E-state index contributed by atoms with van der Waals surface area (Å²) < 4.78 is 68.5. The van der Waals surface area contributed by atoms with E-state index in [0.29, 0.717) is 11.3 Å². The summed E-state index contributed by atoms with van der Waals surface area (Å²) in [4.78, 5) is 0. The summed E-state index contributed by atoms with van der Waals surface area (Å²) in [5, 5.41) is 5.40. The number of nitrogens with zero attached hydrogens (tertiary/aromatic N) is 2. The third-order valence-corrected chi connectivity index (χ3v) is 7.25. The van der Waals surface area contributed by atoms with Crippen molar-refractivity contribution < 1.29 is 21.6 Å². The maximum absolute atomic E-state index is 13.3. The number of aryl methyl sites for hydroxylation is 1. The van der Waals surface area contributed by atoms with E-state index < -0.39 is 21.9 Å². The van der Waals surface area contributed by atoms with Gasteiger partial charge in [0.25, 0.3) is 10.0 Å². The molecule has 0 aliphatic carbocycles. The highest BCUT2D eigenvalue weighted by atomic mass is 32.2. The second-order valence-electron chi connectivity index (χ2n) is 6.77. The first kappa shape index (κ1) is 21.1. The molecule has 31 heavy (non-hydrogen) atoms. The number of alkyl halides is 3. The molecule has 0 atom stereocenters. The summed E-state index contributed by atoms with van der Waals surface area (Å²) >= 11 is 1.08. The molecule has 2 aromatic carbocycles. The Labute approximate surface area is 180 Å². The fourth-order valence-electron chi connectivity index (χ4n) is 2.94. The lowest BCUT2D eigenvalue weighted by Crippen LogP contribution is -2.11. The Hall–Kier alpha value is -3.11. The molecule has 2 heterocycles. The molecular weight excluding hydrogens is 447 g/mol. The van der Waals surface area contributed by atoms with Crippen LogP contribution in [0.1, 0.15) is 11.3 Å². The van der Waals surface area contributed by atoms with Crippen LogP contribution in [0.4, 0.5) is 18.9 Å². The first-order valence-electron chi connectivity index (χ1n) is 9.04. The third-order valence-electron chi connectivity index (χ3n) is 4.47. The molecule has 0 fully saturated rings. The molecule has 5 nitrogen and oxygen atoms in total. The van der Waals surface area contributed by atoms with Gasteiger partial charge in [-0.25, -0.2) is 13.1 Å². The number of halogens is 3. The Bertz CT molecular complexity index is 1290. The molecule has 4 rings (SSSR count). The first-order valence-corrected chi connectivity index (χ1v) is 11.4. The summed E-state index contributed by atoms with van der Waals surface area (Å²) in [5.41, 5.74) is 1.48. The molecule has 0 saturated carbocycles. The van der Waals surface area contributed by atoms with E-state index >= 15 is 0 Å². The Kier molecular flexibility index (Phi) is 5.36. The van der Waals surface area contributed by atoms with Gasteiger partial charge in [-0.2, -0.15) is 18.3 Å². The van der Waals surface area contributed by atoms with Crippen molar-refractivity contribution in [2.24, 2.45) is 0 Å². The zero-order valence-electron chi connectivity index (χ0n) is 16.1. The molecule has 0 spiro atoms. The summed E-state index contributed by atoms with van der Waals surface area (Å²) in [6, 6.07) is 17.2. The van der Waals surface area contributed by atoms with Crippen molar-refractivity contribution in [3.05, 3.63) is 83.4 Å². The molecule has 160 valence electrons. The van der Waals surface area contributed by atoms with E-state index in [0.717, 1.165) is 23.0 Å². The lowest BCUT2D eigenvalue weighted by atomic mass is 10.1. The highest BCUT2D eigenvalue weighted by Gasteiger charge is 2.35. The van der Waals surface area contributed by atoms with Crippen LogP contribution in [-0.4, -0.2) is 18.2 Å². The predicted molar refractivity (Wildman–Crippen MR) is 114 cm³/mol. The van der Waals surface area contributed by atoms with Crippen molar-refractivity contribution in [2.75, 3.05) is 4.72 Å². The Morgan fingerprint density at radius 1 is 1.00 bits per heavy atom. The van der Waals surface area contributed by atoms with Crippen molar-refractivity contribution >= 4 is 27.0 Å². The van der Waals surface area contributed by atoms with Gasteiger partial charge in [-0.05, 0) is 48.7 Å². The molecule has 0 unspecified atom stereocenters. The number of sulfonamides is 1. The predicted octanol–water partition coefficient (Wildman–Crippen LogP) is 5.73. The van der Waals surface area contributed by atoms with Crippen LogP contribution in [0, 0.1) is 6.92 Å². The lowest BCUT2D eigenvalue weighted by molar-refractivity contribution is -0.141. The number of anilines is 1. The molecule has 0 amide bonds. The second-order valence-corrected chi connectivity index (χ2v) is 9.63. The first-order chi connectivity index (χ1) is 14.6. The van der Waals surface area contributed by atoms with Crippen LogP contribution in [0.25, 0.3) is 16.9 Å². The van der Waals surface area contributed by atoms with Gasteiger partial charge in [0.05, 0.1) is 11.4 Å². The van der Waals surface area contributed by atoms with E-state index in [1.165, 1.54) is 35.0 Å². The normalized spacial score (nSPS) is 12.1. The van der Waals surface area contributed by atoms with E-state index in [1.54, 1.807) is 23.6 Å². The zero-order chi connectivity index (χ0) is 22.2. The van der Waals surface area contributed by atoms with E-state index in [9.17, 15) is 21.6 Å². The largest absolute Gasteiger partial charge is 0.435 e. The number of nitrogens with one attached hydrogen (secondary N) is 1. The Morgan fingerprint density at radius 3 is 2.26 bits per heavy atom. The number of hydrogen-bond donors (Lipinski definition) is 1. The molecular formula is C21H16F3N3O2S2. The summed E-state index contributed by atoms with van der Waals surface area (Å²) in [7, 11) is -3.72. The monoisotopic (exact) mass is 463 g/mol. The van der Waals surface area contributed by atoms with Crippen LogP contribution >= 0.6 is 11.3 Å². The third kappa shape index (κ3) is 4.49. The second kappa shape index (κ2) is 7.86. The summed E-state index contributed by atoms with van der Waals surface area (Å²) in [6.45, 7) is 1.89. The van der Waals surface area contributed by atoms with Gasteiger partial charge in [0.2, 0.25) is 0 Å². The van der Waals surface area contributed by atoms with Gasteiger partial charge < -0.3 is 0 Å². The van der Waals surface area contributed by atoms with Crippen molar-refractivity contribution in [1.82, 2.24) is 9.78 Å². The molecule has 0 aliphatic rings. The smallest absolute Gasteiger partial charge is 0.279 e. The van der Waals surface area contributed by atoms with Gasteiger partial charge in [-0.3, -0.25) is 4.72 Å². The number of rotatable bonds is 5. The van der Waals surface area contributed by atoms with Crippen molar-refractivity contribution in [3.63, 3.8) is 0 Å². The van der Waals surface area contributed by atoms with Crippen LogP contribution in [-0.2, 0) is 16.2 Å². The minimum Gasteiger partial charge on any atom is -0.279 e. The fraction of sp³-hybridized carbons (Fsp3) is 0.0952. The molecule has 10 heteroatoms. The van der Waals surface area contributed by atoms with Crippen LogP contribution in [0.5, 0.6) is 0 Å². The van der Waals surface area contributed by atoms with Gasteiger partial charge in [0.15, 0.2) is 5.69 Å². The van der Waals surface area contributed by atoms with Crippen molar-refractivity contribution in [1.29, 1.82) is 0 Å². The van der Waals surface area contributed by atoms with Crippen LogP contribution < -0.4 is 4.72 Å². The summed E-state index contributed by atoms with van der Waals surface area (Å²) in [5.74, 6) is 0. The van der Waals surface area contributed by atoms with E-state index in [1.807, 2.05) is 19.1 Å².